The van der Waals surface area contributed by atoms with Crippen molar-refractivity contribution >= 4 is 29.1 Å². The molecule has 1 spiro atoms. The fourth-order valence-corrected chi connectivity index (χ4v) is 6.29. The molecule has 2 aromatic rings. The van der Waals surface area contributed by atoms with Gasteiger partial charge in [0.2, 0.25) is 17.7 Å². The van der Waals surface area contributed by atoms with Gasteiger partial charge in [-0.25, -0.2) is 4.39 Å². The Bertz CT molecular complexity index is 1260. The van der Waals surface area contributed by atoms with E-state index in [1.165, 1.54) is 23.1 Å². The highest BCUT2D eigenvalue weighted by molar-refractivity contribution is 6.11. The number of nitrogens with one attached hydrogen (secondary N) is 2. The van der Waals surface area contributed by atoms with Crippen LogP contribution in [0.1, 0.15) is 31.2 Å². The molecule has 2 saturated heterocycles. The lowest BCUT2D eigenvalue weighted by molar-refractivity contribution is -0.129. The van der Waals surface area contributed by atoms with E-state index in [2.05, 4.69) is 10.6 Å². The van der Waals surface area contributed by atoms with Gasteiger partial charge < -0.3 is 15.4 Å². The zero-order valence-corrected chi connectivity index (χ0v) is 19.9. The van der Waals surface area contributed by atoms with Crippen molar-refractivity contribution in [2.24, 2.45) is 11.8 Å². The Morgan fingerprint density at radius 3 is 2.50 bits per heavy atom. The number of ether oxygens (including phenoxy) is 1. The zero-order valence-electron chi connectivity index (χ0n) is 19.9. The third-order valence-corrected chi connectivity index (χ3v) is 7.96. The first-order valence-electron chi connectivity index (χ1n) is 12.5. The summed E-state index contributed by atoms with van der Waals surface area (Å²) < 4.78 is 21.3. The van der Waals surface area contributed by atoms with Crippen LogP contribution in [0.15, 0.2) is 60.7 Å². The van der Waals surface area contributed by atoms with Crippen molar-refractivity contribution in [2.75, 3.05) is 10.2 Å². The average Bonchev–Trinajstić information content (AvgIpc) is 3.63. The smallest absolute Gasteiger partial charge is 0.246 e. The van der Waals surface area contributed by atoms with Crippen molar-refractivity contribution in [1.82, 2.24) is 5.32 Å². The van der Waals surface area contributed by atoms with Crippen molar-refractivity contribution in [3.63, 3.8) is 0 Å². The maximum absolute atomic E-state index is 15.0. The van der Waals surface area contributed by atoms with Crippen LogP contribution in [0, 0.1) is 24.6 Å². The Balaban J connectivity index is 1.38. The van der Waals surface area contributed by atoms with Crippen LogP contribution >= 0.6 is 0 Å². The fraction of sp³-hybridized carbons (Fsp3) is 0.393. The van der Waals surface area contributed by atoms with E-state index in [9.17, 15) is 18.8 Å². The molecule has 1 aliphatic carbocycles. The lowest BCUT2D eigenvalue weighted by Crippen LogP contribution is -2.56. The number of benzene rings is 2. The van der Waals surface area contributed by atoms with Crippen LogP contribution in [-0.4, -0.2) is 41.5 Å². The van der Waals surface area contributed by atoms with E-state index in [1.807, 2.05) is 19.1 Å². The Morgan fingerprint density at radius 2 is 1.78 bits per heavy atom. The molecule has 2 bridgehead atoms. The predicted molar refractivity (Wildman–Crippen MR) is 132 cm³/mol. The molecule has 0 unspecified atom stereocenters. The number of para-hydroxylation sites is 1. The van der Waals surface area contributed by atoms with Crippen LogP contribution in [-0.2, 0) is 19.1 Å². The summed E-state index contributed by atoms with van der Waals surface area (Å²) in [5, 5.41) is 5.97. The van der Waals surface area contributed by atoms with Gasteiger partial charge in [-0.15, -0.1) is 0 Å². The highest BCUT2D eigenvalue weighted by atomic mass is 19.1. The van der Waals surface area contributed by atoms with Gasteiger partial charge in [0.25, 0.3) is 0 Å². The van der Waals surface area contributed by atoms with E-state index in [4.69, 9.17) is 4.74 Å². The van der Waals surface area contributed by atoms with Crippen LogP contribution < -0.4 is 15.5 Å². The van der Waals surface area contributed by atoms with Gasteiger partial charge in [-0.2, -0.15) is 0 Å². The van der Waals surface area contributed by atoms with Crippen molar-refractivity contribution in [3.8, 4) is 0 Å². The van der Waals surface area contributed by atoms with Gasteiger partial charge in [-0.3, -0.25) is 19.3 Å². The molecule has 0 radical (unpaired) electrons. The number of halogens is 1. The van der Waals surface area contributed by atoms with Gasteiger partial charge in [0.1, 0.15) is 17.5 Å². The largest absolute Gasteiger partial charge is 0.359 e. The number of aryl methyl sites for hydroxylation is 1. The lowest BCUT2D eigenvalue weighted by atomic mass is 9.74. The zero-order chi connectivity index (χ0) is 25.0. The molecule has 7 nitrogen and oxygen atoms in total. The second kappa shape index (κ2) is 8.55. The Morgan fingerprint density at radius 1 is 1.06 bits per heavy atom. The maximum atomic E-state index is 15.0. The normalized spacial score (nSPS) is 30.6. The molecule has 6 rings (SSSR count). The molecule has 2 aromatic carbocycles. The summed E-state index contributed by atoms with van der Waals surface area (Å²) in [5.41, 5.74) is 0.331. The van der Waals surface area contributed by atoms with Crippen LogP contribution in [0.3, 0.4) is 0 Å². The van der Waals surface area contributed by atoms with Crippen molar-refractivity contribution in [2.45, 2.75) is 56.4 Å². The predicted octanol–water partition coefficient (Wildman–Crippen LogP) is 3.49. The highest BCUT2D eigenvalue weighted by Gasteiger charge is 2.73. The highest BCUT2D eigenvalue weighted by Crippen LogP contribution is 2.56. The van der Waals surface area contributed by atoms with Gasteiger partial charge in [0, 0.05) is 11.7 Å². The quantitative estimate of drug-likeness (QED) is 0.630. The molecule has 1 saturated carbocycles. The second-order valence-electron chi connectivity index (χ2n) is 10.2. The van der Waals surface area contributed by atoms with E-state index in [1.54, 1.807) is 30.4 Å². The van der Waals surface area contributed by atoms with Crippen molar-refractivity contribution < 1.29 is 23.5 Å². The minimum atomic E-state index is -1.35. The summed E-state index contributed by atoms with van der Waals surface area (Å²) in [6, 6.07) is 12.2. The molecule has 3 fully saturated rings. The fourth-order valence-electron chi connectivity index (χ4n) is 6.29. The third kappa shape index (κ3) is 3.46. The first-order valence-corrected chi connectivity index (χ1v) is 12.5. The topological polar surface area (TPSA) is 87.7 Å². The number of fused-ring (bicyclic) bond motifs is 1. The van der Waals surface area contributed by atoms with E-state index in [0.29, 0.717) is 5.69 Å². The van der Waals surface area contributed by atoms with Gasteiger partial charge >= 0.3 is 0 Å². The number of amides is 3. The summed E-state index contributed by atoms with van der Waals surface area (Å²) >= 11 is 0. The SMILES string of the molecule is Cc1ccc(NC(=O)[C@@H]2[C@@H]3C=C[C@]4(O3)[C@@H]2C(=O)N(c2ccccc2F)[C@@H]4C(=O)NC2CCCC2)cc1. The number of carbonyl (C=O) groups excluding carboxylic acids is 3. The summed E-state index contributed by atoms with van der Waals surface area (Å²) in [6.45, 7) is 1.95. The lowest BCUT2D eigenvalue weighted by Gasteiger charge is -2.33. The minimum Gasteiger partial charge on any atom is -0.359 e. The first kappa shape index (κ1) is 22.9. The summed E-state index contributed by atoms with van der Waals surface area (Å²) in [4.78, 5) is 42.4. The average molecular weight is 490 g/mol. The molecule has 8 heteroatoms. The van der Waals surface area contributed by atoms with E-state index < -0.39 is 41.3 Å². The molecule has 5 atom stereocenters. The summed E-state index contributed by atoms with van der Waals surface area (Å²) in [6.07, 6.45) is 6.62. The molecule has 3 aliphatic heterocycles. The summed E-state index contributed by atoms with van der Waals surface area (Å²) in [5.74, 6) is -3.63. The molecular weight excluding hydrogens is 461 g/mol. The van der Waals surface area contributed by atoms with E-state index in [-0.39, 0.29) is 23.5 Å². The molecule has 4 aliphatic rings. The van der Waals surface area contributed by atoms with Gasteiger partial charge in [-0.1, -0.05) is 54.8 Å². The molecule has 3 heterocycles. The molecule has 3 amide bonds. The number of hydrogen-bond donors (Lipinski definition) is 2. The Hall–Kier alpha value is -3.52. The van der Waals surface area contributed by atoms with Crippen LogP contribution in [0.25, 0.3) is 0 Å². The number of rotatable bonds is 5. The monoisotopic (exact) mass is 489 g/mol. The minimum absolute atomic E-state index is 0.00809. The van der Waals surface area contributed by atoms with Crippen molar-refractivity contribution in [1.29, 1.82) is 0 Å². The van der Waals surface area contributed by atoms with Crippen LogP contribution in [0.2, 0.25) is 0 Å². The standard InChI is InChI=1S/C28H28FN3O4/c1-16-10-12-18(13-11-16)30-25(33)22-21-14-15-28(36-21)23(22)27(35)32(20-9-5-4-8-19(20)29)24(28)26(34)31-17-6-2-3-7-17/h4-5,8-15,17,21-24H,2-3,6-7H2,1H3,(H,30,33)(H,31,34)/t21-,22+,23-,24+,28-/m0/s1. The van der Waals surface area contributed by atoms with Crippen molar-refractivity contribution in [3.05, 3.63) is 72.1 Å². The molecule has 36 heavy (non-hydrogen) atoms. The molecule has 186 valence electrons. The number of nitrogens with zero attached hydrogens (tertiary/aromatic N) is 1. The Kier molecular flexibility index (Phi) is 5.44. The van der Waals surface area contributed by atoms with Crippen LogP contribution in [0.4, 0.5) is 15.8 Å². The molecule has 0 aromatic heterocycles. The third-order valence-electron chi connectivity index (χ3n) is 7.96. The number of anilines is 2. The number of carbonyl (C=O) groups is 3. The van der Waals surface area contributed by atoms with Gasteiger partial charge in [0.15, 0.2) is 0 Å². The molecular formula is C28H28FN3O4. The Labute approximate surface area is 208 Å². The van der Waals surface area contributed by atoms with E-state index in [0.717, 1.165) is 31.2 Å². The first-order chi connectivity index (χ1) is 17.4. The maximum Gasteiger partial charge on any atom is 0.246 e. The number of hydrogen-bond acceptors (Lipinski definition) is 4. The van der Waals surface area contributed by atoms with Gasteiger partial charge in [-0.05, 0) is 44.0 Å². The molecule has 2 N–H and O–H groups in total. The summed E-state index contributed by atoms with van der Waals surface area (Å²) in [7, 11) is 0. The van der Waals surface area contributed by atoms with Crippen LogP contribution in [0.5, 0.6) is 0 Å². The van der Waals surface area contributed by atoms with E-state index >= 15 is 0 Å². The van der Waals surface area contributed by atoms with Gasteiger partial charge in [0.05, 0.1) is 23.6 Å². The second-order valence-corrected chi connectivity index (χ2v) is 10.2.